The van der Waals surface area contributed by atoms with Gasteiger partial charge in [-0.25, -0.2) is 0 Å². The van der Waals surface area contributed by atoms with Crippen LogP contribution >= 0.6 is 0 Å². The fourth-order valence-electron chi connectivity index (χ4n) is 8.70. The molecule has 0 bridgehead atoms. The van der Waals surface area contributed by atoms with E-state index in [1.54, 1.807) is 0 Å². The Morgan fingerprint density at radius 1 is 0.634 bits per heavy atom. The molecule has 3 aliphatic heterocycles. The summed E-state index contributed by atoms with van der Waals surface area (Å²) in [5, 5.41) is 8.75. The van der Waals surface area contributed by atoms with Crippen LogP contribution in [-0.2, 0) is 5.66 Å². The van der Waals surface area contributed by atoms with Crippen LogP contribution in [0, 0.1) is 0 Å². The van der Waals surface area contributed by atoms with Crippen molar-refractivity contribution in [3.8, 4) is 11.5 Å². The van der Waals surface area contributed by atoms with Gasteiger partial charge in [-0.2, -0.15) is 4.40 Å². The Labute approximate surface area is 231 Å². The highest BCUT2D eigenvalue weighted by Crippen LogP contribution is 2.58. The smallest absolute Gasteiger partial charge is 0.372 e. The zero-order chi connectivity index (χ0) is 26.2. The van der Waals surface area contributed by atoms with E-state index in [2.05, 4.69) is 111 Å². The van der Waals surface area contributed by atoms with Gasteiger partial charge in [0.05, 0.1) is 16.2 Å². The van der Waals surface area contributed by atoms with Gasteiger partial charge in [-0.1, -0.05) is 36.4 Å². The summed E-state index contributed by atoms with van der Waals surface area (Å²) in [4.78, 5) is 4.95. The van der Waals surface area contributed by atoms with Crippen LogP contribution in [0.3, 0.4) is 0 Å². The first-order valence-electron chi connectivity index (χ1n) is 14.1. The second kappa shape index (κ2) is 5.96. The summed E-state index contributed by atoms with van der Waals surface area (Å²) in [5.41, 5.74) is 8.76. The van der Waals surface area contributed by atoms with Gasteiger partial charge in [-0.15, -0.1) is 9.13 Å². The SMILES string of the molecule is c1ccc2c(c1)c1ccc3c4c1c1c2ccc[n+]1C41c2c(ccc4c5ncccc5n5c6ccccc6[n+]1c5c24)O3. The van der Waals surface area contributed by atoms with Crippen LogP contribution in [0.4, 0.5) is 0 Å². The van der Waals surface area contributed by atoms with E-state index in [1.165, 1.54) is 65.6 Å². The third-order valence-electron chi connectivity index (χ3n) is 9.96. The molecule has 3 aliphatic rings. The molecule has 41 heavy (non-hydrogen) atoms. The standard InChI is InChI=1S/C36H18N4O/c1-2-8-20-19(7-1)21-13-15-27-31-29(21)34-22(20)9-6-18-38(34)36(31)32-28(41-27)16-14-23-30(32)35-39(26-12-5-17-37-33(23)26)24-10-3-4-11-25(24)40(35)36/h1-18H/q+2. The third-order valence-corrected chi connectivity index (χ3v) is 9.96. The summed E-state index contributed by atoms with van der Waals surface area (Å²) < 4.78 is 14.4. The van der Waals surface area contributed by atoms with Crippen LogP contribution in [0.2, 0.25) is 0 Å². The number of hydrogen-bond acceptors (Lipinski definition) is 2. The monoisotopic (exact) mass is 522 g/mol. The van der Waals surface area contributed by atoms with Gasteiger partial charge in [0, 0.05) is 17.6 Å². The minimum Gasteiger partial charge on any atom is -0.456 e. The van der Waals surface area contributed by atoms with E-state index >= 15 is 0 Å². The largest absolute Gasteiger partial charge is 0.456 e. The predicted octanol–water partition coefficient (Wildman–Crippen LogP) is 6.86. The van der Waals surface area contributed by atoms with Crippen molar-refractivity contribution in [1.82, 2.24) is 9.38 Å². The zero-order valence-electron chi connectivity index (χ0n) is 21.6. The molecule has 0 amide bonds. The molecule has 0 fully saturated rings. The van der Waals surface area contributed by atoms with Crippen LogP contribution in [0.15, 0.2) is 109 Å². The fraction of sp³-hybridized carbons (Fsp3) is 0.0278. The maximum atomic E-state index is 6.86. The Kier molecular flexibility index (Phi) is 2.83. The number of para-hydroxylation sites is 2. The van der Waals surface area contributed by atoms with E-state index in [4.69, 9.17) is 9.72 Å². The number of fused-ring (bicyclic) bond motifs is 9. The van der Waals surface area contributed by atoms with Crippen molar-refractivity contribution in [2.75, 3.05) is 0 Å². The number of imidazole rings is 1. The number of ether oxygens (including phenoxy) is 1. The van der Waals surface area contributed by atoms with Crippen molar-refractivity contribution in [1.29, 1.82) is 0 Å². The Morgan fingerprint density at radius 2 is 1.37 bits per heavy atom. The van der Waals surface area contributed by atoms with Crippen molar-refractivity contribution in [3.05, 3.63) is 121 Å². The topological polar surface area (TPSA) is 34.3 Å². The number of nitrogens with zero attached hydrogens (tertiary/aromatic N) is 4. The molecule has 9 aromatic rings. The summed E-state index contributed by atoms with van der Waals surface area (Å²) in [5.74, 6) is 1.84. The van der Waals surface area contributed by atoms with E-state index in [0.717, 1.165) is 27.9 Å². The van der Waals surface area contributed by atoms with Crippen molar-refractivity contribution in [2.24, 2.45) is 0 Å². The molecule has 1 unspecified atom stereocenters. The first-order chi connectivity index (χ1) is 20.4. The minimum absolute atomic E-state index is 0.630. The van der Waals surface area contributed by atoms with E-state index in [-0.39, 0.29) is 0 Å². The maximum absolute atomic E-state index is 6.86. The van der Waals surface area contributed by atoms with Crippen molar-refractivity contribution < 1.29 is 13.9 Å². The Hall–Kier alpha value is -5.55. The van der Waals surface area contributed by atoms with Crippen LogP contribution in [0.5, 0.6) is 11.5 Å². The quantitative estimate of drug-likeness (QED) is 0.161. The molecule has 4 aromatic heterocycles. The van der Waals surface area contributed by atoms with E-state index < -0.39 is 5.66 Å². The molecule has 1 atom stereocenters. The van der Waals surface area contributed by atoms with Gasteiger partial charge in [0.25, 0.3) is 0 Å². The zero-order valence-corrected chi connectivity index (χ0v) is 21.6. The lowest BCUT2D eigenvalue weighted by atomic mass is 9.85. The molecule has 1 spiro atoms. The number of benzene rings is 5. The highest BCUT2D eigenvalue weighted by atomic mass is 16.5. The second-order valence-corrected chi connectivity index (χ2v) is 11.5. The first kappa shape index (κ1) is 19.5. The lowest BCUT2D eigenvalue weighted by Gasteiger charge is -2.28. The van der Waals surface area contributed by atoms with Gasteiger partial charge >= 0.3 is 11.3 Å². The molecule has 0 N–H and O–H groups in total. The first-order valence-corrected chi connectivity index (χ1v) is 14.1. The van der Waals surface area contributed by atoms with E-state index in [0.29, 0.717) is 0 Å². The number of pyridine rings is 3. The summed E-state index contributed by atoms with van der Waals surface area (Å²) in [6.07, 6.45) is 4.19. The molecule has 0 aliphatic carbocycles. The lowest BCUT2D eigenvalue weighted by Crippen LogP contribution is -2.72. The van der Waals surface area contributed by atoms with Crippen molar-refractivity contribution in [2.45, 2.75) is 5.66 Å². The predicted molar refractivity (Wildman–Crippen MR) is 159 cm³/mol. The molecule has 5 heteroatoms. The summed E-state index contributed by atoms with van der Waals surface area (Å²) >= 11 is 0. The van der Waals surface area contributed by atoms with Gasteiger partial charge < -0.3 is 4.74 Å². The molecule has 12 rings (SSSR count). The molecule has 186 valence electrons. The normalized spacial score (nSPS) is 17.6. The number of rotatable bonds is 0. The molecule has 0 saturated heterocycles. The highest BCUT2D eigenvalue weighted by molar-refractivity contribution is 6.26. The molecular formula is C36H18N4O+2. The molecule has 0 radical (unpaired) electrons. The van der Waals surface area contributed by atoms with Gasteiger partial charge in [0.1, 0.15) is 28.1 Å². The van der Waals surface area contributed by atoms with Crippen molar-refractivity contribution >= 4 is 70.9 Å². The van der Waals surface area contributed by atoms with Gasteiger partial charge in [0.15, 0.2) is 22.7 Å². The molecule has 5 nitrogen and oxygen atoms in total. The Bertz CT molecular complexity index is 2790. The van der Waals surface area contributed by atoms with E-state index in [9.17, 15) is 0 Å². The van der Waals surface area contributed by atoms with Crippen LogP contribution in [0.25, 0.3) is 70.9 Å². The van der Waals surface area contributed by atoms with Gasteiger partial charge in [0.2, 0.25) is 5.52 Å². The number of hydrogen-bond donors (Lipinski definition) is 0. The second-order valence-electron chi connectivity index (χ2n) is 11.5. The maximum Gasteiger partial charge on any atom is 0.372 e. The van der Waals surface area contributed by atoms with Crippen LogP contribution in [0.1, 0.15) is 11.1 Å². The third kappa shape index (κ3) is 1.76. The summed E-state index contributed by atoms with van der Waals surface area (Å²) in [6, 6.07) is 35.2. The molecular weight excluding hydrogens is 504 g/mol. The average molecular weight is 523 g/mol. The Morgan fingerprint density at radius 3 is 2.27 bits per heavy atom. The van der Waals surface area contributed by atoms with Crippen LogP contribution < -0.4 is 13.9 Å². The minimum atomic E-state index is -0.630. The lowest BCUT2D eigenvalue weighted by molar-refractivity contribution is -0.934. The Balaban J connectivity index is 1.48. The average Bonchev–Trinajstić information content (AvgIpc) is 3.66. The fourth-order valence-corrected chi connectivity index (χ4v) is 8.70. The molecule has 7 heterocycles. The molecule has 5 aromatic carbocycles. The van der Waals surface area contributed by atoms with E-state index in [1.807, 2.05) is 12.3 Å². The summed E-state index contributed by atoms with van der Waals surface area (Å²) in [7, 11) is 0. The van der Waals surface area contributed by atoms with Crippen molar-refractivity contribution in [3.63, 3.8) is 0 Å². The van der Waals surface area contributed by atoms with Crippen LogP contribution in [-0.4, -0.2) is 9.38 Å². The van der Waals surface area contributed by atoms with Gasteiger partial charge in [-0.05, 0) is 70.8 Å². The summed E-state index contributed by atoms with van der Waals surface area (Å²) in [6.45, 7) is 0. The number of aromatic nitrogens is 4. The molecule has 0 saturated carbocycles. The highest BCUT2D eigenvalue weighted by Gasteiger charge is 2.68. The van der Waals surface area contributed by atoms with Gasteiger partial charge in [-0.3, -0.25) is 4.98 Å².